The monoisotopic (exact) mass is 289 g/mol. The maximum Gasteiger partial charge on any atom is 0.0547 e. The summed E-state index contributed by atoms with van der Waals surface area (Å²) in [5.41, 5.74) is 2.88. The van der Waals surface area contributed by atoms with E-state index in [4.69, 9.17) is 4.98 Å². The molecule has 1 aliphatic rings. The van der Waals surface area contributed by atoms with Crippen molar-refractivity contribution in [2.45, 2.75) is 65.6 Å². The van der Waals surface area contributed by atoms with E-state index in [0.29, 0.717) is 5.41 Å². The Balaban J connectivity index is 1.89. The Morgan fingerprint density at radius 1 is 1.24 bits per heavy atom. The minimum atomic E-state index is 0.543. The summed E-state index contributed by atoms with van der Waals surface area (Å²) in [4.78, 5) is 7.26. The summed E-state index contributed by atoms with van der Waals surface area (Å²) < 4.78 is 0. The third-order valence-corrected chi connectivity index (χ3v) is 4.76. The van der Waals surface area contributed by atoms with Crippen LogP contribution in [-0.2, 0) is 13.1 Å². The van der Waals surface area contributed by atoms with Crippen molar-refractivity contribution in [2.75, 3.05) is 13.6 Å². The van der Waals surface area contributed by atoms with Crippen molar-refractivity contribution in [1.29, 1.82) is 0 Å². The fraction of sp³-hybridized carbons (Fsp3) is 0.722. The first-order valence-electron chi connectivity index (χ1n) is 8.36. The van der Waals surface area contributed by atoms with E-state index in [9.17, 15) is 0 Å². The van der Waals surface area contributed by atoms with Crippen LogP contribution in [0.25, 0.3) is 0 Å². The van der Waals surface area contributed by atoms with E-state index in [1.165, 1.54) is 31.4 Å². The van der Waals surface area contributed by atoms with Gasteiger partial charge in [-0.15, -0.1) is 0 Å². The minimum absolute atomic E-state index is 0.543. The summed E-state index contributed by atoms with van der Waals surface area (Å²) in [6, 6.07) is 7.11. The lowest BCUT2D eigenvalue weighted by molar-refractivity contribution is 0.122. The first-order valence-corrected chi connectivity index (χ1v) is 8.36. The first kappa shape index (κ1) is 16.4. The molecule has 0 unspecified atom stereocenters. The number of aromatic nitrogens is 1. The molecule has 1 aromatic heterocycles. The molecule has 3 heteroatoms. The van der Waals surface area contributed by atoms with Gasteiger partial charge in [-0.25, -0.2) is 0 Å². The third kappa shape index (κ3) is 5.08. The Hall–Kier alpha value is -0.930. The molecule has 118 valence electrons. The first-order chi connectivity index (χ1) is 10.00. The zero-order valence-corrected chi connectivity index (χ0v) is 14.2. The Morgan fingerprint density at radius 3 is 2.57 bits per heavy atom. The van der Waals surface area contributed by atoms with Gasteiger partial charge in [-0.05, 0) is 56.8 Å². The average molecular weight is 289 g/mol. The second-order valence-electron chi connectivity index (χ2n) is 7.21. The molecule has 1 aliphatic carbocycles. The molecule has 0 aliphatic heterocycles. The Kier molecular flexibility index (Phi) is 5.77. The van der Waals surface area contributed by atoms with Crippen molar-refractivity contribution < 1.29 is 0 Å². The van der Waals surface area contributed by atoms with Crippen molar-refractivity contribution in [3.8, 4) is 0 Å². The summed E-state index contributed by atoms with van der Waals surface area (Å²) in [6.45, 7) is 9.74. The molecule has 1 fully saturated rings. The molecule has 0 aromatic carbocycles. The largest absolute Gasteiger partial charge is 0.311 e. The predicted octanol–water partition coefficient (Wildman–Crippen LogP) is 3.59. The van der Waals surface area contributed by atoms with E-state index < -0.39 is 0 Å². The molecule has 1 heterocycles. The molecule has 0 amide bonds. The molecule has 1 saturated carbocycles. The van der Waals surface area contributed by atoms with Gasteiger partial charge in [0.2, 0.25) is 0 Å². The summed E-state index contributed by atoms with van der Waals surface area (Å²) in [5, 5.41) is 3.34. The van der Waals surface area contributed by atoms with Crippen LogP contribution in [0.15, 0.2) is 18.2 Å². The zero-order chi connectivity index (χ0) is 15.3. The molecule has 1 aromatic rings. The van der Waals surface area contributed by atoms with Gasteiger partial charge in [0.05, 0.1) is 11.4 Å². The molecule has 0 bridgehead atoms. The molecule has 2 rings (SSSR count). The Morgan fingerprint density at radius 2 is 1.90 bits per heavy atom. The quantitative estimate of drug-likeness (QED) is 0.867. The molecule has 0 spiro atoms. The lowest BCUT2D eigenvalue weighted by Gasteiger charge is -2.38. The molecule has 21 heavy (non-hydrogen) atoms. The van der Waals surface area contributed by atoms with Crippen molar-refractivity contribution in [1.82, 2.24) is 15.2 Å². The van der Waals surface area contributed by atoms with Gasteiger partial charge in [0.15, 0.2) is 0 Å². The van der Waals surface area contributed by atoms with Gasteiger partial charge < -0.3 is 5.32 Å². The minimum Gasteiger partial charge on any atom is -0.311 e. The number of rotatable bonds is 6. The van der Waals surface area contributed by atoms with Crippen LogP contribution in [0.4, 0.5) is 0 Å². The SMILES string of the molecule is CCNCc1cccc(CN(C)C2CCC(C)(C)CC2)n1. The molecule has 0 radical (unpaired) electrons. The number of hydrogen-bond acceptors (Lipinski definition) is 3. The van der Waals surface area contributed by atoms with Crippen LogP contribution in [-0.4, -0.2) is 29.5 Å². The Bertz CT molecular complexity index is 432. The molecule has 0 atom stereocenters. The fourth-order valence-electron chi connectivity index (χ4n) is 3.18. The van der Waals surface area contributed by atoms with Crippen molar-refractivity contribution in [3.05, 3.63) is 29.6 Å². The van der Waals surface area contributed by atoms with Crippen LogP contribution < -0.4 is 5.32 Å². The van der Waals surface area contributed by atoms with Crippen LogP contribution in [0.2, 0.25) is 0 Å². The van der Waals surface area contributed by atoms with Gasteiger partial charge in [-0.2, -0.15) is 0 Å². The van der Waals surface area contributed by atoms with Gasteiger partial charge in [-0.3, -0.25) is 9.88 Å². The van der Waals surface area contributed by atoms with E-state index in [0.717, 1.165) is 31.4 Å². The maximum atomic E-state index is 4.77. The number of nitrogens with one attached hydrogen (secondary N) is 1. The maximum absolute atomic E-state index is 4.77. The number of hydrogen-bond donors (Lipinski definition) is 1. The molecular weight excluding hydrogens is 258 g/mol. The van der Waals surface area contributed by atoms with E-state index in [-0.39, 0.29) is 0 Å². The van der Waals surface area contributed by atoms with Gasteiger partial charge >= 0.3 is 0 Å². The van der Waals surface area contributed by atoms with Crippen molar-refractivity contribution in [3.63, 3.8) is 0 Å². The van der Waals surface area contributed by atoms with Crippen LogP contribution in [0, 0.1) is 5.41 Å². The van der Waals surface area contributed by atoms with E-state index in [2.05, 4.69) is 56.2 Å². The molecule has 0 saturated heterocycles. The zero-order valence-electron chi connectivity index (χ0n) is 14.2. The van der Waals surface area contributed by atoms with Gasteiger partial charge in [0.1, 0.15) is 0 Å². The van der Waals surface area contributed by atoms with E-state index >= 15 is 0 Å². The molecule has 1 N–H and O–H groups in total. The molecule has 3 nitrogen and oxygen atoms in total. The highest BCUT2D eigenvalue weighted by atomic mass is 15.1. The summed E-state index contributed by atoms with van der Waals surface area (Å²) in [6.07, 6.45) is 5.33. The summed E-state index contributed by atoms with van der Waals surface area (Å²) >= 11 is 0. The second-order valence-corrected chi connectivity index (χ2v) is 7.21. The van der Waals surface area contributed by atoms with Crippen molar-refractivity contribution in [2.24, 2.45) is 5.41 Å². The van der Waals surface area contributed by atoms with E-state index in [1.807, 2.05) is 0 Å². The predicted molar refractivity (Wildman–Crippen MR) is 89.1 cm³/mol. The highest BCUT2D eigenvalue weighted by molar-refractivity contribution is 5.11. The summed E-state index contributed by atoms with van der Waals surface area (Å²) in [5.74, 6) is 0. The lowest BCUT2D eigenvalue weighted by atomic mass is 9.75. The average Bonchev–Trinajstić information content (AvgIpc) is 2.45. The van der Waals surface area contributed by atoms with Crippen LogP contribution in [0.3, 0.4) is 0 Å². The standard InChI is InChI=1S/C18H31N3/c1-5-19-13-15-7-6-8-16(20-15)14-21(4)17-9-11-18(2,3)12-10-17/h6-8,17,19H,5,9-14H2,1-4H3. The topological polar surface area (TPSA) is 28.2 Å². The van der Waals surface area contributed by atoms with E-state index in [1.54, 1.807) is 0 Å². The lowest BCUT2D eigenvalue weighted by Crippen LogP contribution is -2.37. The fourth-order valence-corrected chi connectivity index (χ4v) is 3.18. The number of nitrogens with zero attached hydrogens (tertiary/aromatic N) is 2. The third-order valence-electron chi connectivity index (χ3n) is 4.76. The van der Waals surface area contributed by atoms with Gasteiger partial charge in [0.25, 0.3) is 0 Å². The highest BCUT2D eigenvalue weighted by Gasteiger charge is 2.28. The van der Waals surface area contributed by atoms with Gasteiger partial charge in [-0.1, -0.05) is 26.8 Å². The van der Waals surface area contributed by atoms with Crippen LogP contribution >= 0.6 is 0 Å². The highest BCUT2D eigenvalue weighted by Crippen LogP contribution is 2.36. The number of pyridine rings is 1. The Labute approximate surface area is 130 Å². The normalized spacial score (nSPS) is 19.1. The smallest absolute Gasteiger partial charge is 0.0547 e. The van der Waals surface area contributed by atoms with Crippen LogP contribution in [0.5, 0.6) is 0 Å². The summed E-state index contributed by atoms with van der Waals surface area (Å²) in [7, 11) is 2.25. The van der Waals surface area contributed by atoms with Gasteiger partial charge in [0, 0.05) is 19.1 Å². The second kappa shape index (κ2) is 7.37. The van der Waals surface area contributed by atoms with Crippen molar-refractivity contribution >= 4 is 0 Å². The van der Waals surface area contributed by atoms with Crippen LogP contribution in [0.1, 0.15) is 57.8 Å². The molecular formula is C18H31N3.